The van der Waals surface area contributed by atoms with E-state index in [1.807, 2.05) is 0 Å². The van der Waals surface area contributed by atoms with E-state index in [1.165, 1.54) is 6.07 Å². The predicted octanol–water partition coefficient (Wildman–Crippen LogP) is 3.34. The summed E-state index contributed by atoms with van der Waals surface area (Å²) in [4.78, 5) is 14.3. The molecule has 1 aliphatic carbocycles. The van der Waals surface area contributed by atoms with Gasteiger partial charge in [-0.25, -0.2) is 9.18 Å². The topological polar surface area (TPSA) is 38.7 Å². The predicted molar refractivity (Wildman–Crippen MR) is 65.8 cm³/mol. The maximum Gasteiger partial charge on any atom is 0.235 e. The van der Waals surface area contributed by atoms with Gasteiger partial charge >= 0.3 is 0 Å². The fourth-order valence-corrected chi connectivity index (χ4v) is 2.52. The van der Waals surface area contributed by atoms with Crippen LogP contribution in [0.5, 0.6) is 0 Å². The van der Waals surface area contributed by atoms with Crippen LogP contribution < -0.4 is 0 Å². The highest BCUT2D eigenvalue weighted by atomic mass is 35.5. The van der Waals surface area contributed by atoms with Gasteiger partial charge in [-0.05, 0) is 37.0 Å². The van der Waals surface area contributed by atoms with E-state index >= 15 is 0 Å². The van der Waals surface area contributed by atoms with Crippen molar-refractivity contribution in [1.82, 2.24) is 0 Å². The molecule has 96 valence electrons. The van der Waals surface area contributed by atoms with Crippen molar-refractivity contribution in [2.45, 2.75) is 31.4 Å². The first-order valence-corrected chi connectivity index (χ1v) is 6.07. The second-order valence-electron chi connectivity index (χ2n) is 4.46. The fourth-order valence-electron chi connectivity index (χ4n) is 2.27. The van der Waals surface area contributed by atoms with Gasteiger partial charge in [0.15, 0.2) is 0 Å². The first-order valence-electron chi connectivity index (χ1n) is 5.69. The van der Waals surface area contributed by atoms with Crippen LogP contribution in [0.4, 0.5) is 4.39 Å². The van der Waals surface area contributed by atoms with Gasteiger partial charge < -0.3 is 4.74 Å². The van der Waals surface area contributed by atoms with Crippen LogP contribution in [-0.4, -0.2) is 13.2 Å². The summed E-state index contributed by atoms with van der Waals surface area (Å²) in [7, 11) is 1.56. The van der Waals surface area contributed by atoms with Crippen LogP contribution in [0, 0.1) is 5.82 Å². The molecule has 0 bridgehead atoms. The Balaban J connectivity index is 2.51. The van der Waals surface area contributed by atoms with E-state index in [0.29, 0.717) is 25.0 Å². The molecule has 0 N–H and O–H groups in total. The molecule has 0 heterocycles. The molecule has 0 amide bonds. The van der Waals surface area contributed by atoms with Crippen molar-refractivity contribution in [3.63, 3.8) is 0 Å². The third kappa shape index (κ3) is 2.19. The number of aliphatic imine (C=N–C) groups is 1. The van der Waals surface area contributed by atoms with Gasteiger partial charge in [-0.3, -0.25) is 0 Å². The summed E-state index contributed by atoms with van der Waals surface area (Å²) in [6.07, 6.45) is 3.74. The average molecular weight is 270 g/mol. The molecule has 0 radical (unpaired) electrons. The van der Waals surface area contributed by atoms with Crippen LogP contribution >= 0.6 is 11.6 Å². The summed E-state index contributed by atoms with van der Waals surface area (Å²) in [5.41, 5.74) is 0.363. The van der Waals surface area contributed by atoms with Crippen LogP contribution in [0.3, 0.4) is 0 Å². The van der Waals surface area contributed by atoms with Gasteiger partial charge in [0.2, 0.25) is 6.08 Å². The van der Waals surface area contributed by atoms with Crippen molar-refractivity contribution < 1.29 is 13.9 Å². The van der Waals surface area contributed by atoms with Crippen LogP contribution in [0.1, 0.15) is 30.4 Å². The van der Waals surface area contributed by atoms with Crippen LogP contribution in [-0.2, 0) is 21.7 Å². The van der Waals surface area contributed by atoms with Crippen molar-refractivity contribution in [2.75, 3.05) is 7.11 Å². The Hall–Kier alpha value is -1.22. The minimum atomic E-state index is -0.779. The standard InChI is InChI=1S/C13H13ClFNO2/c1-18-7-9-5-10(12(15)11(14)6-9)13(16-8-17)3-2-4-13/h5-6H,2-4,7H2,1H3. The SMILES string of the molecule is COCc1cc(Cl)c(F)c(C2(N=C=O)CCC2)c1. The molecule has 0 atom stereocenters. The number of methoxy groups -OCH3 is 1. The van der Waals surface area contributed by atoms with Crippen molar-refractivity contribution in [3.8, 4) is 0 Å². The second-order valence-corrected chi connectivity index (χ2v) is 4.87. The molecule has 0 spiro atoms. The van der Waals surface area contributed by atoms with E-state index in [9.17, 15) is 9.18 Å². The van der Waals surface area contributed by atoms with Crippen molar-refractivity contribution in [2.24, 2.45) is 4.99 Å². The smallest absolute Gasteiger partial charge is 0.235 e. The van der Waals surface area contributed by atoms with Gasteiger partial charge in [0, 0.05) is 12.7 Å². The van der Waals surface area contributed by atoms with E-state index < -0.39 is 11.4 Å². The number of rotatable bonds is 4. The molecule has 1 saturated carbocycles. The zero-order valence-electron chi connectivity index (χ0n) is 10.0. The number of carbonyl (C=O) groups excluding carboxylic acids is 1. The van der Waals surface area contributed by atoms with Gasteiger partial charge in [-0.15, -0.1) is 0 Å². The van der Waals surface area contributed by atoms with E-state index in [-0.39, 0.29) is 5.02 Å². The van der Waals surface area contributed by atoms with Gasteiger partial charge in [0.25, 0.3) is 0 Å². The first-order chi connectivity index (χ1) is 8.63. The molecule has 0 unspecified atom stereocenters. The Kier molecular flexibility index (Phi) is 3.81. The molecule has 2 rings (SSSR count). The quantitative estimate of drug-likeness (QED) is 0.621. The number of isocyanates is 1. The molecular formula is C13H13ClFNO2. The van der Waals surface area contributed by atoms with Gasteiger partial charge in [0.1, 0.15) is 11.4 Å². The van der Waals surface area contributed by atoms with Crippen LogP contribution in [0.2, 0.25) is 5.02 Å². The van der Waals surface area contributed by atoms with Crippen LogP contribution in [0.25, 0.3) is 0 Å². The van der Waals surface area contributed by atoms with E-state index in [0.717, 1.165) is 12.0 Å². The summed E-state index contributed by atoms with van der Waals surface area (Å²) < 4.78 is 19.1. The molecule has 5 heteroatoms. The van der Waals surface area contributed by atoms with E-state index in [1.54, 1.807) is 19.3 Å². The summed E-state index contributed by atoms with van der Waals surface area (Å²) in [5, 5.41) is 0.0342. The summed E-state index contributed by atoms with van der Waals surface area (Å²) >= 11 is 5.87. The summed E-state index contributed by atoms with van der Waals surface area (Å²) in [6.45, 7) is 0.341. The molecule has 1 fully saturated rings. The molecule has 3 nitrogen and oxygen atoms in total. The number of hydrogen-bond donors (Lipinski definition) is 0. The Morgan fingerprint density at radius 2 is 2.28 bits per heavy atom. The minimum Gasteiger partial charge on any atom is -0.380 e. The second kappa shape index (κ2) is 5.19. The Labute approximate surface area is 110 Å². The largest absolute Gasteiger partial charge is 0.380 e. The third-order valence-corrected chi connectivity index (χ3v) is 3.62. The molecule has 1 aromatic carbocycles. The normalized spacial score (nSPS) is 16.8. The van der Waals surface area contributed by atoms with Crippen molar-refractivity contribution in [1.29, 1.82) is 0 Å². The number of nitrogens with zero attached hydrogens (tertiary/aromatic N) is 1. The maximum absolute atomic E-state index is 14.1. The Bertz CT molecular complexity index is 508. The lowest BCUT2D eigenvalue weighted by Gasteiger charge is -2.37. The van der Waals surface area contributed by atoms with E-state index in [2.05, 4.69) is 4.99 Å². The Morgan fingerprint density at radius 1 is 1.56 bits per heavy atom. The molecule has 0 aromatic heterocycles. The summed E-state index contributed by atoms with van der Waals surface area (Å²) in [5.74, 6) is -0.504. The van der Waals surface area contributed by atoms with Gasteiger partial charge in [0.05, 0.1) is 11.6 Å². The zero-order valence-corrected chi connectivity index (χ0v) is 10.8. The van der Waals surface area contributed by atoms with Crippen molar-refractivity contribution in [3.05, 3.63) is 34.1 Å². The molecule has 1 aliphatic rings. The minimum absolute atomic E-state index is 0.0342. The monoisotopic (exact) mass is 269 g/mol. The lowest BCUT2D eigenvalue weighted by molar-refractivity contribution is 0.184. The fraction of sp³-hybridized carbons (Fsp3) is 0.462. The van der Waals surface area contributed by atoms with E-state index in [4.69, 9.17) is 16.3 Å². The number of hydrogen-bond acceptors (Lipinski definition) is 3. The number of halogens is 2. The highest BCUT2D eigenvalue weighted by Crippen LogP contribution is 2.46. The lowest BCUT2D eigenvalue weighted by Crippen LogP contribution is -2.33. The van der Waals surface area contributed by atoms with Gasteiger partial charge in [-0.2, -0.15) is 4.99 Å². The lowest BCUT2D eigenvalue weighted by atomic mass is 9.72. The summed E-state index contributed by atoms with van der Waals surface area (Å²) in [6, 6.07) is 3.20. The molecular weight excluding hydrogens is 257 g/mol. The number of benzene rings is 1. The zero-order chi connectivity index (χ0) is 13.2. The average Bonchev–Trinajstić information content (AvgIpc) is 2.29. The molecule has 1 aromatic rings. The van der Waals surface area contributed by atoms with Crippen molar-refractivity contribution >= 4 is 17.7 Å². The third-order valence-electron chi connectivity index (χ3n) is 3.34. The van der Waals surface area contributed by atoms with Crippen LogP contribution in [0.15, 0.2) is 17.1 Å². The Morgan fingerprint density at radius 3 is 2.78 bits per heavy atom. The maximum atomic E-state index is 14.1. The first kappa shape index (κ1) is 13.2. The number of ether oxygens (including phenoxy) is 1. The van der Waals surface area contributed by atoms with Gasteiger partial charge in [-0.1, -0.05) is 11.6 Å². The highest BCUT2D eigenvalue weighted by Gasteiger charge is 2.41. The molecule has 0 saturated heterocycles. The molecule has 0 aliphatic heterocycles. The molecule has 18 heavy (non-hydrogen) atoms. The highest BCUT2D eigenvalue weighted by molar-refractivity contribution is 6.30.